The van der Waals surface area contributed by atoms with Crippen molar-refractivity contribution in [2.75, 3.05) is 0 Å². The summed E-state index contributed by atoms with van der Waals surface area (Å²) in [5.74, 6) is -0.600. The summed E-state index contributed by atoms with van der Waals surface area (Å²) >= 11 is 0. The molecule has 0 aliphatic heterocycles. The van der Waals surface area contributed by atoms with E-state index >= 15 is 0 Å². The molecule has 0 saturated heterocycles. The topological polar surface area (TPSA) is 26.5 Å². The summed E-state index contributed by atoms with van der Waals surface area (Å²) in [6.07, 6.45) is 0. The fourth-order valence-corrected chi connectivity index (χ4v) is 3.67. The molecule has 1 aromatic heterocycles. The zero-order chi connectivity index (χ0) is 22.7. The molecular formula is C27H24F2N2O. The number of hydrogen-bond acceptors (Lipinski definition) is 2. The maximum atomic E-state index is 13.5. The molecule has 0 saturated carbocycles. The molecule has 32 heavy (non-hydrogen) atoms. The summed E-state index contributed by atoms with van der Waals surface area (Å²) in [6.45, 7) is 6.28. The van der Waals surface area contributed by atoms with Crippen LogP contribution in [-0.4, -0.2) is 10.3 Å². The first kappa shape index (κ1) is 21.5. The third-order valence-electron chi connectivity index (χ3n) is 5.42. The molecule has 0 aliphatic rings. The molecule has 162 valence electrons. The summed E-state index contributed by atoms with van der Waals surface area (Å²) < 4.78 is 29.0. The highest BCUT2D eigenvalue weighted by atomic mass is 19.1. The predicted molar refractivity (Wildman–Crippen MR) is 124 cm³/mol. The molecule has 3 aromatic carbocycles. The van der Waals surface area contributed by atoms with Gasteiger partial charge in [0.2, 0.25) is 0 Å². The Balaban J connectivity index is 1.70. The molecule has 4 aromatic rings. The number of aromatic nitrogens is 1. The summed E-state index contributed by atoms with van der Waals surface area (Å²) in [4.78, 5) is 5.60. The van der Waals surface area contributed by atoms with E-state index in [4.69, 9.17) is 4.84 Å². The van der Waals surface area contributed by atoms with E-state index in [1.54, 1.807) is 24.3 Å². The number of halogens is 2. The molecule has 4 rings (SSSR count). The van der Waals surface area contributed by atoms with Gasteiger partial charge < -0.3 is 9.40 Å². The lowest BCUT2D eigenvalue weighted by Gasteiger charge is -2.12. The van der Waals surface area contributed by atoms with Gasteiger partial charge in [-0.15, -0.1) is 0 Å². The minimum atomic E-state index is -0.302. The van der Waals surface area contributed by atoms with Gasteiger partial charge in [0.25, 0.3) is 0 Å². The standard InChI is InChI=1S/C27H24F2N2O/c1-18-4-6-21(7-5-18)17-32-30-19(2)26-16-27(22-8-10-23(28)11-9-22)31(20(26)3)25-14-12-24(29)13-15-25/h4-16H,17H2,1-3H3/b30-19+. The fourth-order valence-electron chi connectivity index (χ4n) is 3.67. The molecule has 0 fully saturated rings. The largest absolute Gasteiger partial charge is 0.391 e. The Morgan fingerprint density at radius 3 is 2.06 bits per heavy atom. The van der Waals surface area contributed by atoms with Crippen LogP contribution in [-0.2, 0) is 11.4 Å². The molecule has 0 unspecified atom stereocenters. The number of oxime groups is 1. The number of aryl methyl sites for hydroxylation is 1. The normalized spacial score (nSPS) is 11.6. The van der Waals surface area contributed by atoms with E-state index in [0.29, 0.717) is 6.61 Å². The molecular weight excluding hydrogens is 406 g/mol. The van der Waals surface area contributed by atoms with Crippen molar-refractivity contribution >= 4 is 5.71 Å². The summed E-state index contributed by atoms with van der Waals surface area (Å²) in [6, 6.07) is 22.7. The smallest absolute Gasteiger partial charge is 0.142 e. The summed E-state index contributed by atoms with van der Waals surface area (Å²) in [5, 5.41) is 4.33. The van der Waals surface area contributed by atoms with Gasteiger partial charge in [0.1, 0.15) is 18.2 Å². The van der Waals surface area contributed by atoms with Crippen molar-refractivity contribution in [3.63, 3.8) is 0 Å². The van der Waals surface area contributed by atoms with Crippen molar-refractivity contribution in [2.45, 2.75) is 27.4 Å². The molecule has 5 heteroatoms. The van der Waals surface area contributed by atoms with E-state index in [9.17, 15) is 8.78 Å². The van der Waals surface area contributed by atoms with Crippen LogP contribution in [0.5, 0.6) is 0 Å². The highest BCUT2D eigenvalue weighted by molar-refractivity contribution is 6.01. The van der Waals surface area contributed by atoms with E-state index < -0.39 is 0 Å². The van der Waals surface area contributed by atoms with Gasteiger partial charge in [-0.2, -0.15) is 0 Å². The van der Waals surface area contributed by atoms with Gasteiger partial charge in [-0.1, -0.05) is 35.0 Å². The van der Waals surface area contributed by atoms with E-state index in [1.165, 1.54) is 29.8 Å². The third-order valence-corrected chi connectivity index (χ3v) is 5.42. The lowest BCUT2D eigenvalue weighted by Crippen LogP contribution is -2.02. The van der Waals surface area contributed by atoms with Gasteiger partial charge in [0.15, 0.2) is 0 Å². The van der Waals surface area contributed by atoms with Crippen LogP contribution in [0.15, 0.2) is 84.0 Å². The number of rotatable bonds is 6. The second kappa shape index (κ2) is 9.18. The maximum absolute atomic E-state index is 13.5. The Bertz CT molecular complexity index is 1240. The second-order valence-electron chi connectivity index (χ2n) is 7.78. The lowest BCUT2D eigenvalue weighted by molar-refractivity contribution is 0.130. The number of hydrogen-bond donors (Lipinski definition) is 0. The van der Waals surface area contributed by atoms with Gasteiger partial charge in [-0.05, 0) is 86.5 Å². The Labute approximate surface area is 186 Å². The van der Waals surface area contributed by atoms with Crippen LogP contribution < -0.4 is 0 Å². The van der Waals surface area contributed by atoms with Crippen LogP contribution in [0, 0.1) is 25.5 Å². The first-order valence-electron chi connectivity index (χ1n) is 10.4. The Morgan fingerprint density at radius 1 is 0.844 bits per heavy atom. The summed E-state index contributed by atoms with van der Waals surface area (Å²) in [7, 11) is 0. The summed E-state index contributed by atoms with van der Waals surface area (Å²) in [5.41, 5.74) is 7.30. The van der Waals surface area contributed by atoms with Gasteiger partial charge in [-0.25, -0.2) is 8.78 Å². The van der Waals surface area contributed by atoms with Gasteiger partial charge >= 0.3 is 0 Å². The Morgan fingerprint density at radius 2 is 1.44 bits per heavy atom. The van der Waals surface area contributed by atoms with Crippen LogP contribution >= 0.6 is 0 Å². The third kappa shape index (κ3) is 4.62. The number of nitrogens with zero attached hydrogens (tertiary/aromatic N) is 2. The van der Waals surface area contributed by atoms with Gasteiger partial charge in [-0.3, -0.25) is 0 Å². The maximum Gasteiger partial charge on any atom is 0.142 e. The molecule has 0 atom stereocenters. The SMILES string of the molecule is C/C(=N\OCc1ccc(C)cc1)c1cc(-c2ccc(F)cc2)n(-c2ccc(F)cc2)c1C. The highest BCUT2D eigenvalue weighted by Crippen LogP contribution is 2.30. The average molecular weight is 430 g/mol. The van der Waals surface area contributed by atoms with E-state index in [2.05, 4.69) is 5.16 Å². The van der Waals surface area contributed by atoms with Crippen LogP contribution in [0.1, 0.15) is 29.3 Å². The van der Waals surface area contributed by atoms with Crippen LogP contribution in [0.25, 0.3) is 16.9 Å². The van der Waals surface area contributed by atoms with Crippen LogP contribution in [0.3, 0.4) is 0 Å². The zero-order valence-electron chi connectivity index (χ0n) is 18.3. The molecule has 3 nitrogen and oxygen atoms in total. The second-order valence-corrected chi connectivity index (χ2v) is 7.78. The number of benzene rings is 3. The molecule has 0 bridgehead atoms. The Kier molecular flexibility index (Phi) is 6.17. The predicted octanol–water partition coefficient (Wildman–Crippen LogP) is 6.98. The van der Waals surface area contributed by atoms with Crippen molar-refractivity contribution < 1.29 is 13.6 Å². The molecule has 1 heterocycles. The monoisotopic (exact) mass is 430 g/mol. The first-order valence-corrected chi connectivity index (χ1v) is 10.4. The van der Waals surface area contributed by atoms with Crippen LogP contribution in [0.4, 0.5) is 8.78 Å². The van der Waals surface area contributed by atoms with Gasteiger partial charge in [0.05, 0.1) is 11.4 Å². The Hall–Kier alpha value is -3.73. The van der Waals surface area contributed by atoms with Crippen LogP contribution in [0.2, 0.25) is 0 Å². The van der Waals surface area contributed by atoms with E-state index in [1.807, 2.05) is 55.7 Å². The average Bonchev–Trinajstić information content (AvgIpc) is 3.13. The van der Waals surface area contributed by atoms with Crippen molar-refractivity contribution in [3.8, 4) is 16.9 Å². The van der Waals surface area contributed by atoms with Crippen molar-refractivity contribution in [2.24, 2.45) is 5.16 Å². The minimum absolute atomic E-state index is 0.298. The highest BCUT2D eigenvalue weighted by Gasteiger charge is 2.17. The quantitative estimate of drug-likeness (QED) is 0.239. The molecule has 0 radical (unpaired) electrons. The van der Waals surface area contributed by atoms with Crippen molar-refractivity contribution in [3.05, 3.63) is 113 Å². The zero-order valence-corrected chi connectivity index (χ0v) is 18.3. The van der Waals surface area contributed by atoms with Gasteiger partial charge in [0, 0.05) is 16.9 Å². The van der Waals surface area contributed by atoms with E-state index in [-0.39, 0.29) is 11.6 Å². The van der Waals surface area contributed by atoms with E-state index in [0.717, 1.165) is 39.5 Å². The molecule has 0 aliphatic carbocycles. The first-order chi connectivity index (χ1) is 15.4. The molecule has 0 amide bonds. The van der Waals surface area contributed by atoms with Crippen molar-refractivity contribution in [1.29, 1.82) is 0 Å². The fraction of sp³-hybridized carbons (Fsp3) is 0.148. The minimum Gasteiger partial charge on any atom is -0.391 e. The van der Waals surface area contributed by atoms with Crippen molar-refractivity contribution in [1.82, 2.24) is 4.57 Å². The molecule has 0 N–H and O–H groups in total. The lowest BCUT2D eigenvalue weighted by atomic mass is 10.1. The molecule has 0 spiro atoms.